The molecule has 1 fully saturated rings. The lowest BCUT2D eigenvalue weighted by Crippen LogP contribution is -2.27. The fourth-order valence-corrected chi connectivity index (χ4v) is 2.27. The number of fused-ring (bicyclic) bond motifs is 1. The Morgan fingerprint density at radius 2 is 2.50 bits per heavy atom. The molecule has 1 N–H and O–H groups in total. The average molecular weight is 197 g/mol. The Bertz CT molecular complexity index is 285. The predicted octanol–water partition coefficient (Wildman–Crippen LogP) is 0.840. The summed E-state index contributed by atoms with van der Waals surface area (Å²) in [4.78, 5) is 13.7. The maximum absolute atomic E-state index is 11.5. The van der Waals surface area contributed by atoms with E-state index in [2.05, 4.69) is 4.90 Å². The highest BCUT2D eigenvalue weighted by atomic mass is 16.5. The molecule has 4 nitrogen and oxygen atoms in total. The Hall–Kier alpha value is -1.03. The van der Waals surface area contributed by atoms with Crippen molar-refractivity contribution in [3.63, 3.8) is 0 Å². The summed E-state index contributed by atoms with van der Waals surface area (Å²) < 4.78 is 4.92. The van der Waals surface area contributed by atoms with E-state index in [-0.39, 0.29) is 17.8 Å². The standard InChI is InChI=1S/C10H15NO3/c1-2-14-10(13)9-7-4-3-5-11(7)6-8(9)12/h7,12H,2-6H2,1H3. The first-order chi connectivity index (χ1) is 6.74. The van der Waals surface area contributed by atoms with Crippen LogP contribution in [0.2, 0.25) is 0 Å². The van der Waals surface area contributed by atoms with Gasteiger partial charge < -0.3 is 9.84 Å². The molecule has 2 aliphatic rings. The molecule has 78 valence electrons. The van der Waals surface area contributed by atoms with Crippen molar-refractivity contribution in [3.05, 3.63) is 11.3 Å². The maximum atomic E-state index is 11.5. The molecule has 2 rings (SSSR count). The van der Waals surface area contributed by atoms with E-state index in [0.29, 0.717) is 18.7 Å². The summed E-state index contributed by atoms with van der Waals surface area (Å²) in [5.41, 5.74) is 0.490. The van der Waals surface area contributed by atoms with Gasteiger partial charge in [-0.25, -0.2) is 4.79 Å². The van der Waals surface area contributed by atoms with E-state index in [4.69, 9.17) is 4.74 Å². The van der Waals surface area contributed by atoms with Gasteiger partial charge in [0.1, 0.15) is 5.76 Å². The van der Waals surface area contributed by atoms with Crippen LogP contribution < -0.4 is 0 Å². The van der Waals surface area contributed by atoms with E-state index in [9.17, 15) is 9.90 Å². The van der Waals surface area contributed by atoms with E-state index in [0.717, 1.165) is 19.4 Å². The minimum atomic E-state index is -0.348. The van der Waals surface area contributed by atoms with Gasteiger partial charge in [-0.05, 0) is 26.3 Å². The number of rotatable bonds is 2. The molecular formula is C10H15NO3. The van der Waals surface area contributed by atoms with Crippen molar-refractivity contribution in [1.82, 2.24) is 4.90 Å². The Morgan fingerprint density at radius 1 is 1.71 bits per heavy atom. The highest BCUT2D eigenvalue weighted by Gasteiger charge is 2.40. The van der Waals surface area contributed by atoms with Gasteiger partial charge >= 0.3 is 5.97 Å². The average Bonchev–Trinajstić information content (AvgIpc) is 2.63. The van der Waals surface area contributed by atoms with E-state index in [1.807, 2.05) is 0 Å². The van der Waals surface area contributed by atoms with Crippen LogP contribution in [-0.2, 0) is 9.53 Å². The molecule has 0 bridgehead atoms. The maximum Gasteiger partial charge on any atom is 0.339 e. The molecular weight excluding hydrogens is 182 g/mol. The highest BCUT2D eigenvalue weighted by Crippen LogP contribution is 2.32. The second kappa shape index (κ2) is 3.61. The molecule has 0 radical (unpaired) electrons. The van der Waals surface area contributed by atoms with Crippen LogP contribution in [0, 0.1) is 0 Å². The molecule has 0 aliphatic carbocycles. The van der Waals surface area contributed by atoms with Gasteiger partial charge in [-0.15, -0.1) is 0 Å². The summed E-state index contributed by atoms with van der Waals surface area (Å²) in [5, 5.41) is 9.63. The summed E-state index contributed by atoms with van der Waals surface area (Å²) in [5.74, 6) is -0.146. The molecule has 14 heavy (non-hydrogen) atoms. The fraction of sp³-hybridized carbons (Fsp3) is 0.700. The molecule has 2 heterocycles. The minimum absolute atomic E-state index is 0.106. The first kappa shape index (κ1) is 9.52. The van der Waals surface area contributed by atoms with Crippen molar-refractivity contribution in [1.29, 1.82) is 0 Å². The van der Waals surface area contributed by atoms with Gasteiger partial charge in [-0.1, -0.05) is 0 Å². The lowest BCUT2D eigenvalue weighted by molar-refractivity contribution is -0.139. The monoisotopic (exact) mass is 197 g/mol. The van der Waals surface area contributed by atoms with Gasteiger partial charge in [0.2, 0.25) is 0 Å². The van der Waals surface area contributed by atoms with Crippen LogP contribution in [0.3, 0.4) is 0 Å². The van der Waals surface area contributed by atoms with Crippen molar-refractivity contribution in [2.24, 2.45) is 0 Å². The molecule has 0 aromatic heterocycles. The van der Waals surface area contributed by atoms with Crippen molar-refractivity contribution in [3.8, 4) is 0 Å². The lowest BCUT2D eigenvalue weighted by Gasteiger charge is -2.15. The predicted molar refractivity (Wildman–Crippen MR) is 50.9 cm³/mol. The van der Waals surface area contributed by atoms with Gasteiger partial charge in [0.15, 0.2) is 0 Å². The van der Waals surface area contributed by atoms with Gasteiger partial charge in [0.05, 0.1) is 18.7 Å². The van der Waals surface area contributed by atoms with Crippen molar-refractivity contribution < 1.29 is 14.6 Å². The third-order valence-electron chi connectivity index (χ3n) is 2.86. The van der Waals surface area contributed by atoms with Gasteiger partial charge in [-0.3, -0.25) is 4.90 Å². The number of carbonyl (C=O) groups is 1. The number of ether oxygens (including phenoxy) is 1. The Balaban J connectivity index is 2.15. The second-order valence-corrected chi connectivity index (χ2v) is 3.71. The van der Waals surface area contributed by atoms with Gasteiger partial charge in [-0.2, -0.15) is 0 Å². The van der Waals surface area contributed by atoms with Crippen molar-refractivity contribution >= 4 is 5.97 Å². The minimum Gasteiger partial charge on any atom is -0.510 e. The summed E-state index contributed by atoms with van der Waals surface area (Å²) >= 11 is 0. The number of carbonyl (C=O) groups excluding carboxylic acids is 1. The summed E-state index contributed by atoms with van der Waals surface area (Å²) in [7, 11) is 0. The lowest BCUT2D eigenvalue weighted by atomic mass is 10.1. The topological polar surface area (TPSA) is 49.8 Å². The number of aliphatic hydroxyl groups excluding tert-OH is 1. The van der Waals surface area contributed by atoms with E-state index < -0.39 is 0 Å². The fourth-order valence-electron chi connectivity index (χ4n) is 2.27. The van der Waals surface area contributed by atoms with E-state index >= 15 is 0 Å². The number of esters is 1. The third-order valence-corrected chi connectivity index (χ3v) is 2.86. The molecule has 1 unspecified atom stereocenters. The zero-order valence-electron chi connectivity index (χ0n) is 8.32. The molecule has 2 aliphatic heterocycles. The molecule has 4 heteroatoms. The zero-order chi connectivity index (χ0) is 10.1. The SMILES string of the molecule is CCOC(=O)C1=C(O)CN2CCCC12. The van der Waals surface area contributed by atoms with Gasteiger partial charge in [0.25, 0.3) is 0 Å². The van der Waals surface area contributed by atoms with Crippen LogP contribution in [0.25, 0.3) is 0 Å². The second-order valence-electron chi connectivity index (χ2n) is 3.71. The van der Waals surface area contributed by atoms with Gasteiger partial charge in [0, 0.05) is 6.04 Å². The number of aliphatic hydroxyl groups is 1. The van der Waals surface area contributed by atoms with Crippen LogP contribution in [-0.4, -0.2) is 41.7 Å². The zero-order valence-corrected chi connectivity index (χ0v) is 8.32. The Labute approximate surface area is 83.2 Å². The third kappa shape index (κ3) is 1.39. The number of hydrogen-bond donors (Lipinski definition) is 1. The number of nitrogens with zero attached hydrogens (tertiary/aromatic N) is 1. The van der Waals surface area contributed by atoms with E-state index in [1.165, 1.54) is 0 Å². The van der Waals surface area contributed by atoms with Crippen LogP contribution in [0.4, 0.5) is 0 Å². The molecule has 1 saturated heterocycles. The summed E-state index contributed by atoms with van der Waals surface area (Å²) in [6.07, 6.45) is 2.05. The molecule has 0 spiro atoms. The molecule has 0 aromatic rings. The molecule has 0 amide bonds. The van der Waals surface area contributed by atoms with Crippen LogP contribution in [0.15, 0.2) is 11.3 Å². The quantitative estimate of drug-likeness (QED) is 0.666. The highest BCUT2D eigenvalue weighted by molar-refractivity contribution is 5.91. The van der Waals surface area contributed by atoms with Crippen LogP contribution >= 0.6 is 0 Å². The Morgan fingerprint density at radius 3 is 3.21 bits per heavy atom. The summed E-state index contributed by atoms with van der Waals surface area (Å²) in [6, 6.07) is 0.106. The van der Waals surface area contributed by atoms with Crippen LogP contribution in [0.1, 0.15) is 19.8 Å². The van der Waals surface area contributed by atoms with Crippen molar-refractivity contribution in [2.45, 2.75) is 25.8 Å². The molecule has 0 aromatic carbocycles. The smallest absolute Gasteiger partial charge is 0.339 e. The largest absolute Gasteiger partial charge is 0.510 e. The molecule has 1 atom stereocenters. The summed E-state index contributed by atoms with van der Waals surface area (Å²) in [6.45, 7) is 3.62. The van der Waals surface area contributed by atoms with Crippen LogP contribution in [0.5, 0.6) is 0 Å². The number of hydrogen-bond acceptors (Lipinski definition) is 4. The first-order valence-electron chi connectivity index (χ1n) is 5.07. The Kier molecular flexibility index (Phi) is 2.46. The molecule has 0 saturated carbocycles. The van der Waals surface area contributed by atoms with E-state index in [1.54, 1.807) is 6.92 Å². The normalized spacial score (nSPS) is 26.8. The first-order valence-corrected chi connectivity index (χ1v) is 5.07. The van der Waals surface area contributed by atoms with Crippen molar-refractivity contribution in [2.75, 3.05) is 19.7 Å².